The van der Waals surface area contributed by atoms with Gasteiger partial charge in [-0.3, -0.25) is 5.32 Å². The maximum absolute atomic E-state index is 12.9. The van der Waals surface area contributed by atoms with E-state index in [1.807, 2.05) is 50.2 Å². The zero-order valence-electron chi connectivity index (χ0n) is 19.2. The molecular weight excluding hydrogens is 420 g/mol. The minimum absolute atomic E-state index is 0.259. The van der Waals surface area contributed by atoms with Crippen molar-refractivity contribution in [1.29, 1.82) is 0 Å². The van der Waals surface area contributed by atoms with Gasteiger partial charge in [-0.1, -0.05) is 55.8 Å². The Morgan fingerprint density at radius 1 is 0.969 bits per heavy atom. The van der Waals surface area contributed by atoms with Crippen molar-refractivity contribution in [3.05, 3.63) is 70.1 Å². The van der Waals surface area contributed by atoms with Crippen LogP contribution >= 0.6 is 11.3 Å². The van der Waals surface area contributed by atoms with Crippen LogP contribution in [-0.2, 0) is 4.74 Å². The number of urea groups is 1. The van der Waals surface area contributed by atoms with Crippen LogP contribution in [0.4, 0.5) is 15.5 Å². The monoisotopic (exact) mass is 450 g/mol. The third-order valence-electron chi connectivity index (χ3n) is 5.48. The van der Waals surface area contributed by atoms with Gasteiger partial charge in [0.2, 0.25) is 0 Å². The molecule has 2 aromatic carbocycles. The molecule has 1 aromatic heterocycles. The minimum Gasteiger partial charge on any atom is -0.462 e. The van der Waals surface area contributed by atoms with Gasteiger partial charge >= 0.3 is 12.0 Å². The SMILES string of the molecule is CCOC(=O)c1c(NC(=O)Nc2ccc(C)cc2)sc(C)c1-c1ccc([C@H](C)CC)cc1. The number of benzene rings is 2. The van der Waals surface area contributed by atoms with Crippen LogP contribution in [0.2, 0.25) is 0 Å². The van der Waals surface area contributed by atoms with Gasteiger partial charge in [0.15, 0.2) is 0 Å². The Balaban J connectivity index is 1.93. The predicted octanol–water partition coefficient (Wildman–Crippen LogP) is 7.37. The van der Waals surface area contributed by atoms with Crippen molar-refractivity contribution in [3.63, 3.8) is 0 Å². The molecule has 3 aromatic rings. The summed E-state index contributed by atoms with van der Waals surface area (Å²) in [5.74, 6) is 0.0309. The number of ether oxygens (including phenoxy) is 1. The van der Waals surface area contributed by atoms with E-state index in [1.165, 1.54) is 16.9 Å². The lowest BCUT2D eigenvalue weighted by Crippen LogP contribution is -2.20. The first-order valence-electron chi connectivity index (χ1n) is 10.9. The fraction of sp³-hybridized carbons (Fsp3) is 0.308. The molecule has 2 N–H and O–H groups in total. The van der Waals surface area contributed by atoms with Gasteiger partial charge in [-0.25, -0.2) is 9.59 Å². The Kier molecular flexibility index (Phi) is 7.70. The lowest BCUT2D eigenvalue weighted by Gasteiger charge is -2.12. The topological polar surface area (TPSA) is 67.4 Å². The summed E-state index contributed by atoms with van der Waals surface area (Å²) in [5.41, 5.74) is 5.18. The molecule has 0 fully saturated rings. The Hall–Kier alpha value is -3.12. The smallest absolute Gasteiger partial charge is 0.341 e. The van der Waals surface area contributed by atoms with E-state index in [0.29, 0.717) is 22.2 Å². The standard InChI is InChI=1S/C26H30N2O3S/c1-6-17(4)19-10-12-20(13-11-19)22-18(5)32-24(23(22)25(29)31-7-2)28-26(30)27-21-14-8-16(3)9-15-21/h8-15,17H,6-7H2,1-5H3,(H2,27,28,30)/t17-/m1/s1. The first kappa shape index (κ1) is 23.5. The number of hydrogen-bond acceptors (Lipinski definition) is 4. The number of anilines is 2. The maximum atomic E-state index is 12.9. The fourth-order valence-electron chi connectivity index (χ4n) is 3.49. The van der Waals surface area contributed by atoms with Gasteiger partial charge in [0, 0.05) is 16.1 Å². The van der Waals surface area contributed by atoms with Gasteiger partial charge in [-0.15, -0.1) is 11.3 Å². The maximum Gasteiger partial charge on any atom is 0.341 e. The predicted molar refractivity (Wildman–Crippen MR) is 133 cm³/mol. The molecule has 5 nitrogen and oxygen atoms in total. The van der Waals surface area contributed by atoms with Gasteiger partial charge in [0.05, 0.1) is 6.61 Å². The fourth-order valence-corrected chi connectivity index (χ4v) is 4.55. The zero-order chi connectivity index (χ0) is 23.3. The number of aryl methyl sites for hydroxylation is 2. The molecule has 168 valence electrons. The summed E-state index contributed by atoms with van der Waals surface area (Å²) >= 11 is 1.37. The van der Waals surface area contributed by atoms with Crippen LogP contribution in [0.25, 0.3) is 11.1 Å². The van der Waals surface area contributed by atoms with E-state index in [2.05, 4.69) is 36.6 Å². The Morgan fingerprint density at radius 2 is 1.62 bits per heavy atom. The van der Waals surface area contributed by atoms with Gasteiger partial charge in [-0.05, 0) is 56.4 Å². The molecule has 0 saturated heterocycles. The average molecular weight is 451 g/mol. The quantitative estimate of drug-likeness (QED) is 0.369. The molecule has 0 aliphatic rings. The molecule has 0 bridgehead atoms. The normalized spacial score (nSPS) is 11.7. The van der Waals surface area contributed by atoms with Crippen LogP contribution < -0.4 is 10.6 Å². The van der Waals surface area contributed by atoms with Crippen LogP contribution in [0.1, 0.15) is 59.5 Å². The lowest BCUT2D eigenvalue weighted by atomic mass is 9.94. The number of nitrogens with one attached hydrogen (secondary N) is 2. The summed E-state index contributed by atoms with van der Waals surface area (Å²) in [6.45, 7) is 10.3. The van der Waals surface area contributed by atoms with Crippen molar-refractivity contribution >= 4 is 34.0 Å². The van der Waals surface area contributed by atoms with Crippen molar-refractivity contribution in [2.24, 2.45) is 0 Å². The molecule has 0 spiro atoms. The summed E-state index contributed by atoms with van der Waals surface area (Å²) in [7, 11) is 0. The van der Waals surface area contributed by atoms with Crippen LogP contribution in [0.3, 0.4) is 0 Å². The second-order valence-electron chi connectivity index (χ2n) is 7.83. The van der Waals surface area contributed by atoms with E-state index in [0.717, 1.165) is 28.0 Å². The van der Waals surface area contributed by atoms with Crippen molar-refractivity contribution in [2.75, 3.05) is 17.2 Å². The second kappa shape index (κ2) is 10.5. The number of carbonyl (C=O) groups excluding carboxylic acids is 2. The summed E-state index contributed by atoms with van der Waals surface area (Å²) in [5, 5.41) is 6.14. The molecule has 0 unspecified atom stereocenters. The van der Waals surface area contributed by atoms with E-state index in [1.54, 1.807) is 6.92 Å². The highest BCUT2D eigenvalue weighted by Gasteiger charge is 2.25. The van der Waals surface area contributed by atoms with E-state index >= 15 is 0 Å². The molecule has 0 aliphatic heterocycles. The number of esters is 1. The molecule has 2 amide bonds. The van der Waals surface area contributed by atoms with Crippen molar-refractivity contribution in [3.8, 4) is 11.1 Å². The molecule has 0 saturated carbocycles. The van der Waals surface area contributed by atoms with Gasteiger partial charge < -0.3 is 10.1 Å². The first-order valence-corrected chi connectivity index (χ1v) is 11.7. The molecule has 1 heterocycles. The van der Waals surface area contributed by atoms with E-state index < -0.39 is 12.0 Å². The third kappa shape index (κ3) is 5.37. The minimum atomic E-state index is -0.441. The average Bonchev–Trinajstić information content (AvgIpc) is 3.10. The number of hydrogen-bond donors (Lipinski definition) is 2. The molecule has 6 heteroatoms. The van der Waals surface area contributed by atoms with Crippen LogP contribution in [0.15, 0.2) is 48.5 Å². The highest BCUT2D eigenvalue weighted by molar-refractivity contribution is 7.17. The number of amides is 2. The van der Waals surface area contributed by atoms with E-state index in [9.17, 15) is 9.59 Å². The Labute approximate surface area is 193 Å². The zero-order valence-corrected chi connectivity index (χ0v) is 20.1. The largest absolute Gasteiger partial charge is 0.462 e. The molecule has 1 atom stereocenters. The van der Waals surface area contributed by atoms with E-state index in [-0.39, 0.29) is 6.61 Å². The molecular formula is C26H30N2O3S. The van der Waals surface area contributed by atoms with Crippen LogP contribution in [0.5, 0.6) is 0 Å². The van der Waals surface area contributed by atoms with Gasteiger partial charge in [-0.2, -0.15) is 0 Å². The van der Waals surface area contributed by atoms with Crippen molar-refractivity contribution < 1.29 is 14.3 Å². The molecule has 32 heavy (non-hydrogen) atoms. The second-order valence-corrected chi connectivity index (χ2v) is 9.06. The number of thiophene rings is 1. The summed E-state index contributed by atoms with van der Waals surface area (Å²) in [4.78, 5) is 26.5. The van der Waals surface area contributed by atoms with Crippen molar-refractivity contribution in [1.82, 2.24) is 0 Å². The highest BCUT2D eigenvalue weighted by Crippen LogP contribution is 2.41. The van der Waals surface area contributed by atoms with Gasteiger partial charge in [0.1, 0.15) is 10.6 Å². The first-order chi connectivity index (χ1) is 15.3. The Morgan fingerprint density at radius 3 is 2.22 bits per heavy atom. The molecule has 3 rings (SSSR count). The lowest BCUT2D eigenvalue weighted by molar-refractivity contribution is 0.0529. The van der Waals surface area contributed by atoms with Crippen molar-refractivity contribution in [2.45, 2.75) is 47.0 Å². The van der Waals surface area contributed by atoms with Crippen LogP contribution in [0, 0.1) is 13.8 Å². The molecule has 0 radical (unpaired) electrons. The summed E-state index contributed by atoms with van der Waals surface area (Å²) in [6.07, 6.45) is 1.06. The van der Waals surface area contributed by atoms with Crippen LogP contribution in [-0.4, -0.2) is 18.6 Å². The highest BCUT2D eigenvalue weighted by atomic mass is 32.1. The summed E-state index contributed by atoms with van der Waals surface area (Å²) in [6, 6.07) is 15.4. The molecule has 0 aliphatic carbocycles. The summed E-state index contributed by atoms with van der Waals surface area (Å²) < 4.78 is 5.33. The van der Waals surface area contributed by atoms with Gasteiger partial charge in [0.25, 0.3) is 0 Å². The van der Waals surface area contributed by atoms with E-state index in [4.69, 9.17) is 4.74 Å². The third-order valence-corrected chi connectivity index (χ3v) is 6.50. The number of carbonyl (C=O) groups is 2. The number of rotatable bonds is 7. The Bertz CT molecular complexity index is 1090.